The van der Waals surface area contributed by atoms with Crippen molar-refractivity contribution in [3.8, 4) is 0 Å². The van der Waals surface area contributed by atoms with Crippen molar-refractivity contribution in [2.24, 2.45) is 0 Å². The Morgan fingerprint density at radius 1 is 1.19 bits per heavy atom. The van der Waals surface area contributed by atoms with Crippen molar-refractivity contribution >= 4 is 21.4 Å². The molecule has 1 saturated carbocycles. The highest BCUT2D eigenvalue weighted by molar-refractivity contribution is 7.92. The first-order valence-electron chi connectivity index (χ1n) is 7.31. The first-order chi connectivity index (χ1) is 9.91. The van der Waals surface area contributed by atoms with Gasteiger partial charge in [-0.25, -0.2) is 8.42 Å². The highest BCUT2D eigenvalue weighted by Crippen LogP contribution is 2.20. The average Bonchev–Trinajstić information content (AvgIpc) is 2.48. The number of carbonyl (C=O) groups excluding carboxylic acids is 1. The van der Waals surface area contributed by atoms with Gasteiger partial charge in [-0.05, 0) is 44.0 Å². The average molecular weight is 310 g/mol. The lowest BCUT2D eigenvalue weighted by Gasteiger charge is -2.24. The third-order valence-corrected chi connectivity index (χ3v) is 6.07. The first-order valence-corrected chi connectivity index (χ1v) is 8.85. The maximum atomic E-state index is 12.4. The van der Waals surface area contributed by atoms with Gasteiger partial charge in [-0.15, -0.1) is 0 Å². The molecule has 3 N–H and O–H groups in total. The van der Waals surface area contributed by atoms with Crippen LogP contribution >= 0.6 is 0 Å². The van der Waals surface area contributed by atoms with Crippen molar-refractivity contribution in [3.05, 3.63) is 24.3 Å². The van der Waals surface area contributed by atoms with E-state index in [1.807, 2.05) is 0 Å². The molecule has 0 aromatic heterocycles. The number of hydrogen-bond acceptors (Lipinski definition) is 4. The molecule has 1 unspecified atom stereocenters. The van der Waals surface area contributed by atoms with Gasteiger partial charge in [0.15, 0.2) is 9.84 Å². The summed E-state index contributed by atoms with van der Waals surface area (Å²) in [6, 6.07) is 6.04. The molecule has 1 aromatic rings. The molecule has 1 amide bonds. The molecule has 1 aromatic carbocycles. The summed E-state index contributed by atoms with van der Waals surface area (Å²) in [5, 5.41) is 1.77. The number of anilines is 1. The highest BCUT2D eigenvalue weighted by Gasteiger charge is 2.31. The Morgan fingerprint density at radius 3 is 2.33 bits per heavy atom. The van der Waals surface area contributed by atoms with Gasteiger partial charge < -0.3 is 11.1 Å². The molecule has 1 atom stereocenters. The molecular weight excluding hydrogens is 288 g/mol. The molecule has 5 nitrogen and oxygen atoms in total. The quantitative estimate of drug-likeness (QED) is 0.831. The van der Waals surface area contributed by atoms with Crippen LogP contribution in [-0.4, -0.2) is 25.6 Å². The zero-order valence-corrected chi connectivity index (χ0v) is 13.0. The van der Waals surface area contributed by atoms with Gasteiger partial charge in [-0.3, -0.25) is 4.79 Å². The minimum absolute atomic E-state index is 0.107. The van der Waals surface area contributed by atoms with Gasteiger partial charge in [0, 0.05) is 11.7 Å². The Hall–Kier alpha value is -1.56. The summed E-state index contributed by atoms with van der Waals surface area (Å²) in [4.78, 5) is 12.3. The fourth-order valence-electron chi connectivity index (χ4n) is 2.57. The van der Waals surface area contributed by atoms with Crippen molar-refractivity contribution in [1.29, 1.82) is 0 Å². The number of amides is 1. The van der Waals surface area contributed by atoms with Gasteiger partial charge in [0.2, 0.25) is 5.91 Å². The molecule has 0 saturated heterocycles. The summed E-state index contributed by atoms with van der Waals surface area (Å²) in [5.74, 6) is -0.418. The fourth-order valence-corrected chi connectivity index (χ4v) is 3.84. The third-order valence-electron chi connectivity index (χ3n) is 3.99. The van der Waals surface area contributed by atoms with E-state index in [1.54, 1.807) is 0 Å². The van der Waals surface area contributed by atoms with Crippen molar-refractivity contribution in [2.45, 2.75) is 55.2 Å². The predicted octanol–water partition coefficient (Wildman–Crippen LogP) is 1.88. The minimum Gasteiger partial charge on any atom is -0.399 e. The number of sulfone groups is 1. The maximum absolute atomic E-state index is 12.4. The van der Waals surface area contributed by atoms with Crippen LogP contribution in [0.3, 0.4) is 0 Å². The van der Waals surface area contributed by atoms with E-state index in [0.717, 1.165) is 25.7 Å². The standard InChI is InChI=1S/C15H22N2O3S/c1-11(15(18)17-13-5-3-2-4-6-13)21(19,20)14-9-7-12(16)8-10-14/h7-11,13H,2-6,16H2,1H3,(H,17,18). The third kappa shape index (κ3) is 3.75. The zero-order valence-electron chi connectivity index (χ0n) is 12.2. The van der Waals surface area contributed by atoms with E-state index in [4.69, 9.17) is 5.73 Å². The number of hydrogen-bond donors (Lipinski definition) is 2. The summed E-state index contributed by atoms with van der Waals surface area (Å²) >= 11 is 0. The Bertz CT molecular complexity index is 590. The topological polar surface area (TPSA) is 89.3 Å². The lowest BCUT2D eigenvalue weighted by atomic mass is 9.95. The minimum atomic E-state index is -3.67. The second-order valence-corrected chi connectivity index (χ2v) is 7.87. The Kier molecular flexibility index (Phi) is 4.88. The van der Waals surface area contributed by atoms with Crippen LogP contribution in [0, 0.1) is 0 Å². The van der Waals surface area contributed by atoms with E-state index in [2.05, 4.69) is 5.32 Å². The van der Waals surface area contributed by atoms with E-state index >= 15 is 0 Å². The Balaban J connectivity index is 2.08. The zero-order chi connectivity index (χ0) is 15.5. The summed E-state index contributed by atoms with van der Waals surface area (Å²) in [5.41, 5.74) is 6.05. The number of nitrogen functional groups attached to an aromatic ring is 1. The van der Waals surface area contributed by atoms with Crippen LogP contribution in [0.4, 0.5) is 5.69 Å². The number of benzene rings is 1. The molecule has 0 bridgehead atoms. The smallest absolute Gasteiger partial charge is 0.238 e. The molecule has 0 aliphatic heterocycles. The Labute approximate surface area is 125 Å². The summed E-state index contributed by atoms with van der Waals surface area (Å²) in [6.45, 7) is 1.43. The summed E-state index contributed by atoms with van der Waals surface area (Å²) < 4.78 is 24.8. The first kappa shape index (κ1) is 15.8. The molecule has 6 heteroatoms. The van der Waals surface area contributed by atoms with Crippen LogP contribution in [-0.2, 0) is 14.6 Å². The van der Waals surface area contributed by atoms with Crippen LogP contribution in [0.1, 0.15) is 39.0 Å². The normalized spacial score (nSPS) is 18.1. The van der Waals surface area contributed by atoms with Crippen molar-refractivity contribution < 1.29 is 13.2 Å². The van der Waals surface area contributed by atoms with E-state index in [9.17, 15) is 13.2 Å². The lowest BCUT2D eigenvalue weighted by molar-refractivity contribution is -0.121. The van der Waals surface area contributed by atoms with Gasteiger partial charge >= 0.3 is 0 Å². The predicted molar refractivity (Wildman–Crippen MR) is 82.5 cm³/mol. The van der Waals surface area contributed by atoms with Crippen LogP contribution in [0.5, 0.6) is 0 Å². The van der Waals surface area contributed by atoms with Crippen LogP contribution < -0.4 is 11.1 Å². The van der Waals surface area contributed by atoms with Crippen LogP contribution in [0.25, 0.3) is 0 Å². The maximum Gasteiger partial charge on any atom is 0.238 e. The van der Waals surface area contributed by atoms with Crippen LogP contribution in [0.2, 0.25) is 0 Å². The molecule has 1 aliphatic rings. The van der Waals surface area contributed by atoms with Crippen molar-refractivity contribution in [1.82, 2.24) is 5.32 Å². The molecule has 116 valence electrons. The highest BCUT2D eigenvalue weighted by atomic mass is 32.2. The second-order valence-electron chi connectivity index (χ2n) is 5.60. The van der Waals surface area contributed by atoms with Crippen molar-refractivity contribution in [2.75, 3.05) is 5.73 Å². The molecule has 1 fully saturated rings. The van der Waals surface area contributed by atoms with Gasteiger partial charge in [0.05, 0.1) is 4.90 Å². The lowest BCUT2D eigenvalue weighted by Crippen LogP contribution is -2.44. The monoisotopic (exact) mass is 310 g/mol. The largest absolute Gasteiger partial charge is 0.399 e. The van der Waals surface area contributed by atoms with Gasteiger partial charge in [-0.2, -0.15) is 0 Å². The van der Waals surface area contributed by atoms with Gasteiger partial charge in [0.25, 0.3) is 0 Å². The Morgan fingerprint density at radius 2 is 1.76 bits per heavy atom. The van der Waals surface area contributed by atoms with Gasteiger partial charge in [0.1, 0.15) is 5.25 Å². The summed E-state index contributed by atoms with van der Waals surface area (Å²) in [7, 11) is -3.67. The van der Waals surface area contributed by atoms with Crippen LogP contribution in [0.15, 0.2) is 29.2 Å². The molecule has 0 heterocycles. The second kappa shape index (κ2) is 6.47. The van der Waals surface area contributed by atoms with Gasteiger partial charge in [-0.1, -0.05) is 19.3 Å². The van der Waals surface area contributed by atoms with E-state index in [-0.39, 0.29) is 10.9 Å². The SMILES string of the molecule is CC(C(=O)NC1CCCCC1)S(=O)(=O)c1ccc(N)cc1. The molecule has 0 spiro atoms. The number of rotatable bonds is 4. The molecule has 21 heavy (non-hydrogen) atoms. The number of carbonyl (C=O) groups is 1. The molecule has 2 rings (SSSR count). The fraction of sp³-hybridized carbons (Fsp3) is 0.533. The van der Waals surface area contributed by atoms with E-state index < -0.39 is 21.0 Å². The number of nitrogens with one attached hydrogen (secondary N) is 1. The van der Waals surface area contributed by atoms with E-state index in [1.165, 1.54) is 37.6 Å². The van der Waals surface area contributed by atoms with Crippen molar-refractivity contribution in [3.63, 3.8) is 0 Å². The molecule has 0 radical (unpaired) electrons. The number of nitrogens with two attached hydrogens (primary N) is 1. The summed E-state index contributed by atoms with van der Waals surface area (Å²) in [6.07, 6.45) is 5.22. The molecule has 1 aliphatic carbocycles. The van der Waals surface area contributed by atoms with E-state index in [0.29, 0.717) is 5.69 Å². The molecular formula is C15H22N2O3S.